The summed E-state index contributed by atoms with van der Waals surface area (Å²) in [4.78, 5) is 2.43. The van der Waals surface area contributed by atoms with Crippen LogP contribution in [0.1, 0.15) is 42.0 Å². The normalized spacial score (nSPS) is 17.8. The average molecular weight is 686 g/mol. The van der Waals surface area contributed by atoms with Crippen LogP contribution in [-0.2, 0) is 5.41 Å². The standard InChI is InChI=1S/C49H35NOS/c1-49(2)42-16-7-5-12-37(42)38-25-23-33(28-43(38)49)50(34-24-26-40-39-13-6-8-17-45(39)52-46(40)29-34)32-21-18-31(19-22-32)36-14-9-15-41-47-35-11-4-3-10-30(35)20-27-44(47)51-48(36)41/h3-29,41,48H,1-2H3. The van der Waals surface area contributed by atoms with Gasteiger partial charge in [0, 0.05) is 59.7 Å². The molecule has 0 fully saturated rings. The fourth-order valence-electron chi connectivity index (χ4n) is 9.11. The van der Waals surface area contributed by atoms with E-state index < -0.39 is 0 Å². The van der Waals surface area contributed by atoms with Gasteiger partial charge in [-0.05, 0) is 87.1 Å². The Kier molecular flexibility index (Phi) is 6.33. The van der Waals surface area contributed by atoms with Crippen molar-refractivity contribution >= 4 is 64.9 Å². The molecule has 2 aliphatic carbocycles. The third-order valence-corrected chi connectivity index (χ3v) is 12.8. The van der Waals surface area contributed by atoms with Crippen molar-refractivity contribution in [1.82, 2.24) is 0 Å². The molecule has 0 amide bonds. The Morgan fingerprint density at radius 2 is 1.31 bits per heavy atom. The number of allylic oxidation sites excluding steroid dienone is 2. The molecule has 2 unspecified atom stereocenters. The zero-order valence-corrected chi connectivity index (χ0v) is 29.8. The quantitative estimate of drug-likeness (QED) is 0.183. The summed E-state index contributed by atoms with van der Waals surface area (Å²) in [6, 6.07) is 53.7. The summed E-state index contributed by atoms with van der Waals surface area (Å²) in [6.45, 7) is 4.71. The van der Waals surface area contributed by atoms with Gasteiger partial charge in [0.05, 0.1) is 0 Å². The molecule has 0 spiro atoms. The molecule has 52 heavy (non-hydrogen) atoms. The number of benzene rings is 7. The van der Waals surface area contributed by atoms with E-state index >= 15 is 0 Å². The molecule has 3 aliphatic rings. The van der Waals surface area contributed by atoms with Gasteiger partial charge in [-0.15, -0.1) is 11.3 Å². The summed E-state index contributed by atoms with van der Waals surface area (Å²) in [7, 11) is 0. The minimum absolute atomic E-state index is 0.0521. The first-order chi connectivity index (χ1) is 25.5. The summed E-state index contributed by atoms with van der Waals surface area (Å²) in [6.07, 6.45) is 6.70. The Morgan fingerprint density at radius 3 is 2.21 bits per heavy atom. The van der Waals surface area contributed by atoms with Crippen LogP contribution < -0.4 is 9.64 Å². The number of ether oxygens (including phenoxy) is 1. The summed E-state index contributed by atoms with van der Waals surface area (Å²) < 4.78 is 9.34. The maximum atomic E-state index is 6.73. The molecule has 7 aromatic carbocycles. The number of hydrogen-bond donors (Lipinski definition) is 0. The monoisotopic (exact) mass is 685 g/mol. The molecule has 8 aromatic rings. The molecule has 0 N–H and O–H groups in total. The molecular formula is C49H35NOS. The molecule has 2 atom stereocenters. The van der Waals surface area contributed by atoms with Gasteiger partial charge >= 0.3 is 0 Å². The summed E-state index contributed by atoms with van der Waals surface area (Å²) in [5.41, 5.74) is 12.5. The highest BCUT2D eigenvalue weighted by atomic mass is 32.1. The highest BCUT2D eigenvalue weighted by Gasteiger charge is 2.39. The van der Waals surface area contributed by atoms with Crippen molar-refractivity contribution in [3.05, 3.63) is 186 Å². The Morgan fingerprint density at radius 1 is 0.596 bits per heavy atom. The second-order valence-corrected chi connectivity index (χ2v) is 15.9. The first kappa shape index (κ1) is 29.8. The van der Waals surface area contributed by atoms with Gasteiger partial charge in [-0.3, -0.25) is 0 Å². The van der Waals surface area contributed by atoms with Gasteiger partial charge in [0.15, 0.2) is 0 Å². The molecule has 248 valence electrons. The molecule has 0 radical (unpaired) electrons. The van der Waals surface area contributed by atoms with Gasteiger partial charge < -0.3 is 9.64 Å². The van der Waals surface area contributed by atoms with E-state index in [1.54, 1.807) is 0 Å². The van der Waals surface area contributed by atoms with Crippen LogP contribution >= 0.6 is 11.3 Å². The van der Waals surface area contributed by atoms with E-state index in [1.807, 2.05) is 11.3 Å². The number of nitrogens with zero attached hydrogens (tertiary/aromatic N) is 1. The average Bonchev–Trinajstić information content (AvgIpc) is 3.83. The third-order valence-electron chi connectivity index (χ3n) is 11.6. The van der Waals surface area contributed by atoms with Crippen molar-refractivity contribution in [3.8, 4) is 16.9 Å². The molecule has 2 nitrogen and oxygen atoms in total. The van der Waals surface area contributed by atoms with Crippen molar-refractivity contribution in [2.45, 2.75) is 31.3 Å². The van der Waals surface area contributed by atoms with Gasteiger partial charge in [0.25, 0.3) is 0 Å². The van der Waals surface area contributed by atoms with E-state index in [9.17, 15) is 0 Å². The van der Waals surface area contributed by atoms with Crippen LogP contribution in [-0.4, -0.2) is 6.10 Å². The molecule has 0 bridgehead atoms. The minimum atomic E-state index is -0.0887. The fraction of sp³-hybridized carbons (Fsp3) is 0.102. The van der Waals surface area contributed by atoms with Crippen LogP contribution in [0.3, 0.4) is 0 Å². The highest BCUT2D eigenvalue weighted by molar-refractivity contribution is 7.25. The summed E-state index contributed by atoms with van der Waals surface area (Å²) in [5, 5.41) is 5.16. The molecular weight excluding hydrogens is 651 g/mol. The van der Waals surface area contributed by atoms with Crippen molar-refractivity contribution in [1.29, 1.82) is 0 Å². The molecule has 0 saturated carbocycles. The highest BCUT2D eigenvalue weighted by Crippen LogP contribution is 2.52. The van der Waals surface area contributed by atoms with Gasteiger partial charge in [-0.2, -0.15) is 0 Å². The van der Waals surface area contributed by atoms with Gasteiger partial charge in [-0.25, -0.2) is 0 Å². The second-order valence-electron chi connectivity index (χ2n) is 14.8. The molecule has 1 aliphatic heterocycles. The predicted molar refractivity (Wildman–Crippen MR) is 220 cm³/mol. The first-order valence-electron chi connectivity index (χ1n) is 18.2. The predicted octanol–water partition coefficient (Wildman–Crippen LogP) is 13.5. The minimum Gasteiger partial charge on any atom is -0.484 e. The number of anilines is 3. The molecule has 2 heterocycles. The Balaban J connectivity index is 1.01. The zero-order valence-electron chi connectivity index (χ0n) is 29.0. The topological polar surface area (TPSA) is 12.5 Å². The van der Waals surface area contributed by atoms with E-state index in [1.165, 1.54) is 69.9 Å². The Bertz CT molecular complexity index is 2820. The van der Waals surface area contributed by atoms with Crippen molar-refractivity contribution in [2.75, 3.05) is 4.90 Å². The Hall–Kier alpha value is -5.90. The Labute approximate surface area is 307 Å². The van der Waals surface area contributed by atoms with Crippen LogP contribution in [0.4, 0.5) is 17.1 Å². The van der Waals surface area contributed by atoms with E-state index in [4.69, 9.17) is 4.74 Å². The number of rotatable bonds is 4. The van der Waals surface area contributed by atoms with Gasteiger partial charge in [-0.1, -0.05) is 129 Å². The summed E-state index contributed by atoms with van der Waals surface area (Å²) in [5.74, 6) is 1.18. The molecule has 1 aromatic heterocycles. The lowest BCUT2D eigenvalue weighted by molar-refractivity contribution is 0.278. The van der Waals surface area contributed by atoms with Crippen molar-refractivity contribution < 1.29 is 4.74 Å². The van der Waals surface area contributed by atoms with Crippen LogP contribution in [0, 0.1) is 0 Å². The largest absolute Gasteiger partial charge is 0.484 e. The van der Waals surface area contributed by atoms with Crippen LogP contribution in [0.5, 0.6) is 5.75 Å². The molecule has 11 rings (SSSR count). The maximum absolute atomic E-state index is 6.73. The smallest absolute Gasteiger partial charge is 0.135 e. The lowest BCUT2D eigenvalue weighted by atomic mass is 9.82. The third kappa shape index (κ3) is 4.30. The van der Waals surface area contributed by atoms with Gasteiger partial charge in [0.1, 0.15) is 11.9 Å². The lowest BCUT2D eigenvalue weighted by Crippen LogP contribution is -2.21. The van der Waals surface area contributed by atoms with E-state index in [2.05, 4.69) is 183 Å². The molecule has 3 heteroatoms. The van der Waals surface area contributed by atoms with Crippen molar-refractivity contribution in [2.24, 2.45) is 0 Å². The van der Waals surface area contributed by atoms with Crippen LogP contribution in [0.15, 0.2) is 164 Å². The first-order valence-corrected chi connectivity index (χ1v) is 19.0. The maximum Gasteiger partial charge on any atom is 0.135 e. The van der Waals surface area contributed by atoms with Crippen LogP contribution in [0.25, 0.3) is 47.6 Å². The second kappa shape index (κ2) is 11.0. The SMILES string of the molecule is CC1(C)c2ccccc2-c2ccc(N(c3ccc(C4=CC=CC5c6c(ccc7ccccc67)OC45)cc3)c3ccc4c(c3)sc3ccccc34)cc21. The molecule has 0 saturated heterocycles. The zero-order chi connectivity index (χ0) is 34.6. The fourth-order valence-corrected chi connectivity index (χ4v) is 10.2. The van der Waals surface area contributed by atoms with Crippen LogP contribution in [0.2, 0.25) is 0 Å². The number of thiophene rings is 1. The summed E-state index contributed by atoms with van der Waals surface area (Å²) >= 11 is 1.87. The van der Waals surface area contributed by atoms with Gasteiger partial charge in [0.2, 0.25) is 0 Å². The van der Waals surface area contributed by atoms with Crippen molar-refractivity contribution in [3.63, 3.8) is 0 Å². The van der Waals surface area contributed by atoms with E-state index in [-0.39, 0.29) is 17.4 Å². The number of fused-ring (bicyclic) bond motifs is 11. The van der Waals surface area contributed by atoms with E-state index in [0.29, 0.717) is 0 Å². The number of hydrogen-bond acceptors (Lipinski definition) is 3. The van der Waals surface area contributed by atoms with E-state index in [0.717, 1.165) is 22.8 Å². The lowest BCUT2D eigenvalue weighted by Gasteiger charge is -2.29.